The van der Waals surface area contributed by atoms with Gasteiger partial charge in [-0.1, -0.05) is 30.3 Å². The highest BCUT2D eigenvalue weighted by Gasteiger charge is 2.45. The summed E-state index contributed by atoms with van der Waals surface area (Å²) in [6.07, 6.45) is 5.21. The summed E-state index contributed by atoms with van der Waals surface area (Å²) in [5.74, 6) is 1.39. The maximum Gasteiger partial charge on any atom is 0.228 e. The van der Waals surface area contributed by atoms with Gasteiger partial charge in [0.25, 0.3) is 0 Å². The van der Waals surface area contributed by atoms with Gasteiger partial charge in [0.05, 0.1) is 26.2 Å². The molecule has 2 unspecified atom stereocenters. The van der Waals surface area contributed by atoms with Crippen LogP contribution < -0.4 is 9.47 Å². The van der Waals surface area contributed by atoms with Gasteiger partial charge in [-0.05, 0) is 60.9 Å². The molecular weight excluding hydrogens is 416 g/mol. The number of amides is 2. The summed E-state index contributed by atoms with van der Waals surface area (Å²) >= 11 is 0. The molecule has 3 aliphatic rings. The van der Waals surface area contributed by atoms with Crippen LogP contribution in [0.5, 0.6) is 11.5 Å². The lowest BCUT2D eigenvalue weighted by molar-refractivity contribution is -0.139. The number of ether oxygens (including phenoxy) is 2. The Bertz CT molecular complexity index is 1050. The second kappa shape index (κ2) is 9.08. The summed E-state index contributed by atoms with van der Waals surface area (Å²) < 4.78 is 10.7. The molecule has 5 rings (SSSR count). The van der Waals surface area contributed by atoms with Crippen molar-refractivity contribution in [1.29, 1.82) is 0 Å². The van der Waals surface area contributed by atoms with Crippen molar-refractivity contribution >= 4 is 11.8 Å². The standard InChI is InChI=1S/C27H32N2O4/c1-32-24-12-7-18(15-25(24)33-2)13-14-28-17-20(16-26(28)30)27(31)29(21-9-10-21)23-11-8-19-5-3-4-6-22(19)23/h3-7,12,15,20-21,23H,8-11,13-14,16-17H2,1-2H3. The van der Waals surface area contributed by atoms with Gasteiger partial charge in [-0.15, -0.1) is 0 Å². The molecule has 1 saturated heterocycles. The molecule has 2 fully saturated rings. The van der Waals surface area contributed by atoms with Crippen LogP contribution in [0.25, 0.3) is 0 Å². The van der Waals surface area contributed by atoms with Crippen molar-refractivity contribution < 1.29 is 19.1 Å². The van der Waals surface area contributed by atoms with Crippen molar-refractivity contribution in [1.82, 2.24) is 9.80 Å². The Morgan fingerprint density at radius 2 is 1.85 bits per heavy atom. The van der Waals surface area contributed by atoms with Crippen LogP contribution in [0.4, 0.5) is 0 Å². The first-order valence-corrected chi connectivity index (χ1v) is 12.0. The molecule has 2 atom stereocenters. The smallest absolute Gasteiger partial charge is 0.228 e. The number of rotatable bonds is 8. The van der Waals surface area contributed by atoms with Crippen LogP contribution in [0, 0.1) is 5.92 Å². The van der Waals surface area contributed by atoms with E-state index in [0.29, 0.717) is 37.1 Å². The Kier molecular flexibility index (Phi) is 6.00. The third kappa shape index (κ3) is 4.31. The SMILES string of the molecule is COc1ccc(CCN2CC(C(=O)N(C3CC3)C3CCc4ccccc43)CC2=O)cc1OC. The van der Waals surface area contributed by atoms with Gasteiger partial charge in [-0.25, -0.2) is 0 Å². The molecular formula is C27H32N2O4. The van der Waals surface area contributed by atoms with Crippen molar-refractivity contribution in [2.45, 2.75) is 50.6 Å². The molecule has 1 heterocycles. The van der Waals surface area contributed by atoms with Gasteiger partial charge in [-0.3, -0.25) is 9.59 Å². The Morgan fingerprint density at radius 3 is 2.61 bits per heavy atom. The third-order valence-corrected chi connectivity index (χ3v) is 7.31. The van der Waals surface area contributed by atoms with Crippen LogP contribution >= 0.6 is 0 Å². The fourth-order valence-corrected chi connectivity index (χ4v) is 5.43. The normalized spacial score (nSPS) is 21.8. The number of benzene rings is 2. The van der Waals surface area contributed by atoms with Crippen molar-refractivity contribution in [3.05, 3.63) is 59.2 Å². The number of carbonyl (C=O) groups excluding carboxylic acids is 2. The Hall–Kier alpha value is -3.02. The minimum Gasteiger partial charge on any atom is -0.493 e. The molecule has 0 bridgehead atoms. The van der Waals surface area contributed by atoms with E-state index in [4.69, 9.17) is 9.47 Å². The van der Waals surface area contributed by atoms with Crippen LogP contribution in [0.1, 0.15) is 48.4 Å². The van der Waals surface area contributed by atoms with Gasteiger partial charge >= 0.3 is 0 Å². The third-order valence-electron chi connectivity index (χ3n) is 7.31. The molecule has 174 valence electrons. The van der Waals surface area contributed by atoms with Crippen molar-refractivity contribution in [3.63, 3.8) is 0 Å². The largest absolute Gasteiger partial charge is 0.493 e. The molecule has 1 saturated carbocycles. The summed E-state index contributed by atoms with van der Waals surface area (Å²) in [5.41, 5.74) is 3.74. The first-order valence-electron chi connectivity index (χ1n) is 12.0. The van der Waals surface area contributed by atoms with Crippen LogP contribution in [0.3, 0.4) is 0 Å². The predicted octanol–water partition coefficient (Wildman–Crippen LogP) is 3.77. The quantitative estimate of drug-likeness (QED) is 0.617. The van der Waals surface area contributed by atoms with E-state index in [9.17, 15) is 9.59 Å². The second-order valence-corrected chi connectivity index (χ2v) is 9.41. The lowest BCUT2D eigenvalue weighted by Crippen LogP contribution is -2.41. The van der Waals surface area contributed by atoms with Gasteiger partial charge in [0.2, 0.25) is 11.8 Å². The summed E-state index contributed by atoms with van der Waals surface area (Å²) in [6.45, 7) is 1.12. The number of fused-ring (bicyclic) bond motifs is 1. The van der Waals surface area contributed by atoms with Crippen molar-refractivity contribution in [2.75, 3.05) is 27.3 Å². The van der Waals surface area contributed by atoms with Crippen LogP contribution in [-0.2, 0) is 22.4 Å². The zero-order valence-corrected chi connectivity index (χ0v) is 19.5. The molecule has 2 aliphatic carbocycles. The van der Waals surface area contributed by atoms with E-state index in [2.05, 4.69) is 29.2 Å². The average Bonchev–Trinajstić information content (AvgIpc) is 3.48. The average molecular weight is 449 g/mol. The Morgan fingerprint density at radius 1 is 1.06 bits per heavy atom. The molecule has 33 heavy (non-hydrogen) atoms. The van der Waals surface area contributed by atoms with E-state index in [1.165, 1.54) is 11.1 Å². The van der Waals surface area contributed by atoms with Gasteiger partial charge in [0, 0.05) is 25.6 Å². The highest BCUT2D eigenvalue weighted by atomic mass is 16.5. The molecule has 0 radical (unpaired) electrons. The number of hydrogen-bond donors (Lipinski definition) is 0. The zero-order chi connectivity index (χ0) is 22.9. The zero-order valence-electron chi connectivity index (χ0n) is 19.5. The van der Waals surface area contributed by atoms with E-state index in [0.717, 1.165) is 37.7 Å². The molecule has 0 N–H and O–H groups in total. The molecule has 2 aromatic rings. The number of methoxy groups -OCH3 is 2. The van der Waals surface area contributed by atoms with Gasteiger partial charge in [-0.2, -0.15) is 0 Å². The highest BCUT2D eigenvalue weighted by Crippen LogP contribution is 2.43. The first-order chi connectivity index (χ1) is 16.1. The van der Waals surface area contributed by atoms with E-state index in [1.807, 2.05) is 23.1 Å². The molecule has 2 aromatic carbocycles. The maximum atomic E-state index is 13.7. The Labute approximate surface area is 195 Å². The van der Waals surface area contributed by atoms with Crippen LogP contribution in [0.2, 0.25) is 0 Å². The van der Waals surface area contributed by atoms with Crippen LogP contribution in [0.15, 0.2) is 42.5 Å². The van der Waals surface area contributed by atoms with E-state index < -0.39 is 0 Å². The molecule has 0 spiro atoms. The molecule has 6 nitrogen and oxygen atoms in total. The fraction of sp³-hybridized carbons (Fsp3) is 0.481. The number of carbonyl (C=O) groups is 2. The van der Waals surface area contributed by atoms with Gasteiger partial charge in [0.1, 0.15) is 0 Å². The summed E-state index contributed by atoms with van der Waals surface area (Å²) in [7, 11) is 3.24. The highest BCUT2D eigenvalue weighted by molar-refractivity contribution is 5.90. The first kappa shape index (κ1) is 21.8. The summed E-state index contributed by atoms with van der Waals surface area (Å²) in [6, 6.07) is 14.8. The lowest BCUT2D eigenvalue weighted by atomic mass is 10.0. The number of aryl methyl sites for hydroxylation is 1. The monoisotopic (exact) mass is 448 g/mol. The topological polar surface area (TPSA) is 59.1 Å². The molecule has 2 amide bonds. The van der Waals surface area contributed by atoms with Crippen molar-refractivity contribution in [3.8, 4) is 11.5 Å². The number of hydrogen-bond acceptors (Lipinski definition) is 4. The van der Waals surface area contributed by atoms with Crippen LogP contribution in [-0.4, -0.2) is 55.0 Å². The van der Waals surface area contributed by atoms with E-state index in [1.54, 1.807) is 14.2 Å². The molecule has 6 heteroatoms. The fourth-order valence-electron chi connectivity index (χ4n) is 5.43. The second-order valence-electron chi connectivity index (χ2n) is 9.41. The van der Waals surface area contributed by atoms with E-state index >= 15 is 0 Å². The number of nitrogens with zero attached hydrogens (tertiary/aromatic N) is 2. The molecule has 0 aromatic heterocycles. The van der Waals surface area contributed by atoms with Gasteiger partial charge < -0.3 is 19.3 Å². The minimum atomic E-state index is -0.240. The maximum absolute atomic E-state index is 13.7. The minimum absolute atomic E-state index is 0.0800. The predicted molar refractivity (Wildman–Crippen MR) is 125 cm³/mol. The van der Waals surface area contributed by atoms with E-state index in [-0.39, 0.29) is 23.8 Å². The van der Waals surface area contributed by atoms with Gasteiger partial charge in [0.15, 0.2) is 11.5 Å². The number of likely N-dealkylation sites (tertiary alicyclic amines) is 1. The summed E-state index contributed by atoms with van der Waals surface area (Å²) in [5, 5.41) is 0. The lowest BCUT2D eigenvalue weighted by Gasteiger charge is -2.32. The Balaban J connectivity index is 1.25. The summed E-state index contributed by atoms with van der Waals surface area (Å²) in [4.78, 5) is 30.4. The van der Waals surface area contributed by atoms with Crippen molar-refractivity contribution in [2.24, 2.45) is 5.92 Å². The molecule has 1 aliphatic heterocycles.